The Morgan fingerprint density at radius 2 is 1.82 bits per heavy atom. The molecule has 7 heteroatoms. The van der Waals surface area contributed by atoms with E-state index < -0.39 is 5.41 Å². The molecule has 0 spiro atoms. The highest BCUT2D eigenvalue weighted by atomic mass is 35.5. The van der Waals surface area contributed by atoms with Crippen molar-refractivity contribution >= 4 is 40.7 Å². The lowest BCUT2D eigenvalue weighted by Gasteiger charge is -2.33. The summed E-state index contributed by atoms with van der Waals surface area (Å²) in [5.74, 6) is -0.601. The Bertz CT molecular complexity index is 584. The van der Waals surface area contributed by atoms with Gasteiger partial charge < -0.3 is 15.0 Å². The summed E-state index contributed by atoms with van der Waals surface area (Å²) in [7, 11) is 0. The maximum Gasteiger partial charge on any atom is 0.239 e. The normalized spacial score (nSPS) is 15.5. The van der Waals surface area contributed by atoms with Gasteiger partial charge in [-0.15, -0.1) is 0 Å². The summed E-state index contributed by atoms with van der Waals surface area (Å²) in [4.78, 5) is 26.6. The molecule has 0 aliphatic carbocycles. The topological polar surface area (TPSA) is 58.6 Å². The first kappa shape index (κ1) is 17.1. The van der Waals surface area contributed by atoms with E-state index >= 15 is 0 Å². The lowest BCUT2D eigenvalue weighted by Crippen LogP contribution is -2.51. The second-order valence-electron chi connectivity index (χ2n) is 5.61. The number of amides is 2. The van der Waals surface area contributed by atoms with Crippen LogP contribution in [0.3, 0.4) is 0 Å². The smallest absolute Gasteiger partial charge is 0.239 e. The maximum atomic E-state index is 12.5. The lowest BCUT2D eigenvalue weighted by molar-refractivity contribution is -0.149. The number of anilines is 1. The average Bonchev–Trinajstić information content (AvgIpc) is 2.51. The molecule has 5 nitrogen and oxygen atoms in total. The first-order valence-corrected chi connectivity index (χ1v) is 7.71. The van der Waals surface area contributed by atoms with Crippen LogP contribution in [0.15, 0.2) is 18.2 Å². The number of benzene rings is 1. The van der Waals surface area contributed by atoms with E-state index in [2.05, 4.69) is 5.32 Å². The molecule has 0 radical (unpaired) electrons. The molecule has 0 atom stereocenters. The monoisotopic (exact) mass is 344 g/mol. The molecule has 0 saturated carbocycles. The number of rotatable bonds is 3. The Hall–Kier alpha value is -1.30. The molecule has 120 valence electrons. The van der Waals surface area contributed by atoms with E-state index in [1.54, 1.807) is 36.9 Å². The Labute approximate surface area is 139 Å². The van der Waals surface area contributed by atoms with Crippen LogP contribution >= 0.6 is 23.2 Å². The van der Waals surface area contributed by atoms with E-state index in [0.29, 0.717) is 42.0 Å². The van der Waals surface area contributed by atoms with Crippen LogP contribution in [0, 0.1) is 5.41 Å². The highest BCUT2D eigenvalue weighted by Crippen LogP contribution is 2.27. The minimum absolute atomic E-state index is 0.214. The fourth-order valence-electron chi connectivity index (χ4n) is 2.12. The number of halogens is 2. The van der Waals surface area contributed by atoms with Crippen LogP contribution in [-0.2, 0) is 14.3 Å². The Morgan fingerprint density at radius 3 is 2.41 bits per heavy atom. The zero-order valence-electron chi connectivity index (χ0n) is 12.5. The molecular formula is C15H18Cl2N2O3. The third-order valence-electron chi connectivity index (χ3n) is 3.58. The molecule has 1 N–H and O–H groups in total. The molecule has 0 aromatic heterocycles. The van der Waals surface area contributed by atoms with Crippen LogP contribution < -0.4 is 5.32 Å². The number of hydrogen-bond donors (Lipinski definition) is 1. The van der Waals surface area contributed by atoms with Gasteiger partial charge in [0, 0.05) is 18.8 Å². The van der Waals surface area contributed by atoms with Crippen molar-refractivity contribution in [2.45, 2.75) is 13.8 Å². The molecule has 1 aliphatic rings. The van der Waals surface area contributed by atoms with Crippen LogP contribution in [0.25, 0.3) is 0 Å². The van der Waals surface area contributed by atoms with Crippen molar-refractivity contribution in [1.82, 2.24) is 4.90 Å². The van der Waals surface area contributed by atoms with E-state index in [0.717, 1.165) is 0 Å². The highest BCUT2D eigenvalue weighted by molar-refractivity contribution is 6.42. The summed E-state index contributed by atoms with van der Waals surface area (Å²) >= 11 is 11.8. The Morgan fingerprint density at radius 1 is 1.18 bits per heavy atom. The number of nitrogens with zero attached hydrogens (tertiary/aromatic N) is 1. The molecular weight excluding hydrogens is 327 g/mol. The highest BCUT2D eigenvalue weighted by Gasteiger charge is 2.39. The van der Waals surface area contributed by atoms with Crippen LogP contribution in [-0.4, -0.2) is 43.0 Å². The molecule has 0 unspecified atom stereocenters. The summed E-state index contributed by atoms with van der Waals surface area (Å²) < 4.78 is 5.22. The van der Waals surface area contributed by atoms with E-state index in [-0.39, 0.29) is 11.8 Å². The second kappa shape index (κ2) is 6.86. The largest absolute Gasteiger partial charge is 0.378 e. The van der Waals surface area contributed by atoms with Crippen molar-refractivity contribution in [3.63, 3.8) is 0 Å². The maximum absolute atomic E-state index is 12.5. The lowest BCUT2D eigenvalue weighted by atomic mass is 9.90. The number of carbonyl (C=O) groups is 2. The molecule has 1 saturated heterocycles. The second-order valence-corrected chi connectivity index (χ2v) is 6.43. The van der Waals surface area contributed by atoms with Crippen molar-refractivity contribution in [2.75, 3.05) is 31.6 Å². The van der Waals surface area contributed by atoms with E-state index in [4.69, 9.17) is 27.9 Å². The number of carbonyl (C=O) groups excluding carboxylic acids is 2. The van der Waals surface area contributed by atoms with Crippen LogP contribution in [0.5, 0.6) is 0 Å². The standard InChI is InChI=1S/C15H18Cl2N2O3/c1-15(2,14(21)19-5-7-22-8-6-19)13(20)18-10-3-4-11(16)12(17)9-10/h3-4,9H,5-8H2,1-2H3,(H,18,20). The molecule has 1 aromatic rings. The van der Waals surface area contributed by atoms with Gasteiger partial charge in [0.2, 0.25) is 11.8 Å². The summed E-state index contributed by atoms with van der Waals surface area (Å²) in [6, 6.07) is 4.79. The summed E-state index contributed by atoms with van der Waals surface area (Å²) in [5, 5.41) is 3.46. The van der Waals surface area contributed by atoms with Crippen molar-refractivity contribution < 1.29 is 14.3 Å². The number of hydrogen-bond acceptors (Lipinski definition) is 3. The van der Waals surface area contributed by atoms with Gasteiger partial charge in [0.1, 0.15) is 5.41 Å². The first-order chi connectivity index (χ1) is 10.3. The van der Waals surface area contributed by atoms with Gasteiger partial charge in [0.05, 0.1) is 23.3 Å². The number of morpholine rings is 1. The molecule has 22 heavy (non-hydrogen) atoms. The minimum atomic E-state index is -1.18. The van der Waals surface area contributed by atoms with E-state index in [1.807, 2.05) is 0 Å². The van der Waals surface area contributed by atoms with Gasteiger partial charge in [-0.1, -0.05) is 23.2 Å². The van der Waals surface area contributed by atoms with Crippen molar-refractivity contribution in [2.24, 2.45) is 5.41 Å². The molecule has 1 fully saturated rings. The molecule has 0 bridgehead atoms. The van der Waals surface area contributed by atoms with Gasteiger partial charge >= 0.3 is 0 Å². The zero-order valence-corrected chi connectivity index (χ0v) is 14.0. The fourth-order valence-corrected chi connectivity index (χ4v) is 2.42. The van der Waals surface area contributed by atoms with Gasteiger partial charge in [0.25, 0.3) is 0 Å². The van der Waals surface area contributed by atoms with Gasteiger partial charge in [0.15, 0.2) is 0 Å². The fraction of sp³-hybridized carbons (Fsp3) is 0.467. The first-order valence-electron chi connectivity index (χ1n) is 6.96. The van der Waals surface area contributed by atoms with Crippen molar-refractivity contribution in [3.05, 3.63) is 28.2 Å². The third kappa shape index (κ3) is 3.72. The Balaban J connectivity index is 2.08. The zero-order chi connectivity index (χ0) is 16.3. The summed E-state index contributed by atoms with van der Waals surface area (Å²) in [6.45, 7) is 5.21. The Kier molecular flexibility index (Phi) is 5.32. The van der Waals surface area contributed by atoms with Gasteiger partial charge in [-0.3, -0.25) is 9.59 Å². The molecule has 1 heterocycles. The number of ether oxygens (including phenoxy) is 1. The third-order valence-corrected chi connectivity index (χ3v) is 4.32. The average molecular weight is 345 g/mol. The summed E-state index contributed by atoms with van der Waals surface area (Å²) in [6.07, 6.45) is 0. The van der Waals surface area contributed by atoms with Crippen molar-refractivity contribution in [1.29, 1.82) is 0 Å². The van der Waals surface area contributed by atoms with Crippen LogP contribution in [0.2, 0.25) is 10.0 Å². The molecule has 2 rings (SSSR count). The molecule has 1 aromatic carbocycles. The number of nitrogens with one attached hydrogen (secondary N) is 1. The van der Waals surface area contributed by atoms with Gasteiger partial charge in [-0.2, -0.15) is 0 Å². The summed E-state index contributed by atoms with van der Waals surface area (Å²) in [5.41, 5.74) is -0.675. The van der Waals surface area contributed by atoms with E-state index in [9.17, 15) is 9.59 Å². The minimum Gasteiger partial charge on any atom is -0.378 e. The van der Waals surface area contributed by atoms with Gasteiger partial charge in [-0.25, -0.2) is 0 Å². The predicted octanol–water partition coefficient (Wildman–Crippen LogP) is 2.82. The van der Waals surface area contributed by atoms with Crippen LogP contribution in [0.1, 0.15) is 13.8 Å². The molecule has 1 aliphatic heterocycles. The molecule has 2 amide bonds. The predicted molar refractivity (Wildman–Crippen MR) is 86.3 cm³/mol. The SMILES string of the molecule is CC(C)(C(=O)Nc1ccc(Cl)c(Cl)c1)C(=O)N1CCOCC1. The van der Waals surface area contributed by atoms with E-state index in [1.165, 1.54) is 0 Å². The van der Waals surface area contributed by atoms with Crippen LogP contribution in [0.4, 0.5) is 5.69 Å². The van der Waals surface area contributed by atoms with Gasteiger partial charge in [-0.05, 0) is 32.0 Å². The van der Waals surface area contributed by atoms with Crippen molar-refractivity contribution in [3.8, 4) is 0 Å². The quantitative estimate of drug-likeness (QED) is 0.857.